The van der Waals surface area contributed by atoms with Gasteiger partial charge in [-0.25, -0.2) is 4.39 Å². The van der Waals surface area contributed by atoms with Crippen LogP contribution in [0.25, 0.3) is 0 Å². The van der Waals surface area contributed by atoms with Gasteiger partial charge in [-0.3, -0.25) is 4.79 Å². The number of carbonyl (C=O) groups is 1. The number of nitrogens with one attached hydrogen (secondary N) is 1. The topological polar surface area (TPSA) is 55.1 Å². The number of anilines is 1. The molecule has 0 aromatic heterocycles. The van der Waals surface area contributed by atoms with Crippen molar-refractivity contribution < 1.29 is 9.18 Å². The molecule has 0 unspecified atom stereocenters. The van der Waals surface area contributed by atoms with E-state index in [4.69, 9.17) is 5.73 Å². The fourth-order valence-corrected chi connectivity index (χ4v) is 3.62. The van der Waals surface area contributed by atoms with Crippen LogP contribution in [0.1, 0.15) is 42.5 Å². The third-order valence-electron chi connectivity index (χ3n) is 4.03. The lowest BCUT2D eigenvalue weighted by atomic mass is 9.88. The summed E-state index contributed by atoms with van der Waals surface area (Å²) in [7, 11) is 0. The van der Waals surface area contributed by atoms with Crippen molar-refractivity contribution in [1.82, 2.24) is 5.32 Å². The minimum atomic E-state index is -0.443. The molecule has 1 aromatic rings. The summed E-state index contributed by atoms with van der Waals surface area (Å²) in [5.74, 6) is -0.734. The first kappa shape index (κ1) is 15.2. The molecule has 0 atom stereocenters. The maximum absolute atomic E-state index is 13.2. The summed E-state index contributed by atoms with van der Waals surface area (Å²) in [5, 5.41) is 2.92. The lowest BCUT2D eigenvalue weighted by molar-refractivity contribution is 0.0947. The van der Waals surface area contributed by atoms with Crippen LogP contribution < -0.4 is 11.1 Å². The number of amides is 1. The van der Waals surface area contributed by atoms with Gasteiger partial charge in [-0.1, -0.05) is 19.3 Å². The van der Waals surface area contributed by atoms with Gasteiger partial charge in [-0.15, -0.1) is 0 Å². The molecule has 1 aromatic carbocycles. The van der Waals surface area contributed by atoms with Gasteiger partial charge in [0.2, 0.25) is 0 Å². The molecule has 1 amide bonds. The zero-order valence-corrected chi connectivity index (χ0v) is 12.6. The maximum atomic E-state index is 13.2. The van der Waals surface area contributed by atoms with Crippen molar-refractivity contribution in [1.29, 1.82) is 0 Å². The van der Waals surface area contributed by atoms with E-state index in [1.807, 2.05) is 11.8 Å². The van der Waals surface area contributed by atoms with E-state index in [0.29, 0.717) is 12.2 Å². The Bertz CT molecular complexity index is 487. The lowest BCUT2D eigenvalue weighted by Gasteiger charge is -2.35. The summed E-state index contributed by atoms with van der Waals surface area (Å²) in [6, 6.07) is 3.88. The van der Waals surface area contributed by atoms with Crippen LogP contribution in [0.3, 0.4) is 0 Å². The zero-order valence-electron chi connectivity index (χ0n) is 11.7. The Morgan fingerprint density at radius 3 is 2.75 bits per heavy atom. The Kier molecular flexibility index (Phi) is 4.91. The standard InChI is InChI=1S/C15H21FN2OS/c1-20-15(7-3-2-4-8-15)10-18-14(19)12-9-11(16)5-6-13(12)17/h5-6,9H,2-4,7-8,10,17H2,1H3,(H,18,19). The van der Waals surface area contributed by atoms with E-state index in [1.54, 1.807) is 0 Å². The number of hydrogen-bond donors (Lipinski definition) is 2. The molecule has 3 nitrogen and oxygen atoms in total. The molecule has 0 radical (unpaired) electrons. The fraction of sp³-hybridized carbons (Fsp3) is 0.533. The summed E-state index contributed by atoms with van der Waals surface area (Å²) in [6.07, 6.45) is 8.01. The fourth-order valence-electron chi connectivity index (χ4n) is 2.71. The zero-order chi connectivity index (χ0) is 14.6. The molecule has 0 heterocycles. The summed E-state index contributed by atoms with van der Waals surface area (Å²) in [6.45, 7) is 0.614. The van der Waals surface area contributed by atoms with Crippen LogP contribution in [-0.2, 0) is 0 Å². The molecular weight excluding hydrogens is 275 g/mol. The summed E-state index contributed by atoms with van der Waals surface area (Å²) in [5.41, 5.74) is 6.26. The predicted molar refractivity (Wildman–Crippen MR) is 82.5 cm³/mol. The molecule has 1 fully saturated rings. The third kappa shape index (κ3) is 3.45. The second-order valence-electron chi connectivity index (χ2n) is 5.36. The van der Waals surface area contributed by atoms with E-state index in [1.165, 1.54) is 37.5 Å². The molecule has 0 bridgehead atoms. The molecule has 2 rings (SSSR count). The molecular formula is C15H21FN2OS. The number of thioether (sulfide) groups is 1. The Hall–Kier alpha value is -1.23. The van der Waals surface area contributed by atoms with Gasteiger partial charge in [-0.05, 0) is 37.3 Å². The van der Waals surface area contributed by atoms with Crippen LogP contribution in [0.4, 0.5) is 10.1 Å². The van der Waals surface area contributed by atoms with Crippen LogP contribution in [0, 0.1) is 5.82 Å². The van der Waals surface area contributed by atoms with E-state index in [0.717, 1.165) is 12.8 Å². The van der Waals surface area contributed by atoms with Crippen LogP contribution in [0.5, 0.6) is 0 Å². The molecule has 1 saturated carbocycles. The lowest BCUT2D eigenvalue weighted by Crippen LogP contribution is -2.41. The SMILES string of the molecule is CSC1(CNC(=O)c2cc(F)ccc2N)CCCCC1. The maximum Gasteiger partial charge on any atom is 0.253 e. The second-order valence-corrected chi connectivity index (χ2v) is 6.64. The molecule has 0 aliphatic heterocycles. The first-order chi connectivity index (χ1) is 9.56. The van der Waals surface area contributed by atoms with Crippen molar-refractivity contribution in [2.75, 3.05) is 18.5 Å². The van der Waals surface area contributed by atoms with Crippen molar-refractivity contribution in [3.05, 3.63) is 29.6 Å². The number of hydrogen-bond acceptors (Lipinski definition) is 3. The van der Waals surface area contributed by atoms with Crippen LogP contribution >= 0.6 is 11.8 Å². The van der Waals surface area contributed by atoms with Crippen LogP contribution in [-0.4, -0.2) is 23.5 Å². The largest absolute Gasteiger partial charge is 0.398 e. The van der Waals surface area contributed by atoms with Crippen molar-refractivity contribution >= 4 is 23.4 Å². The molecule has 3 N–H and O–H groups in total. The van der Waals surface area contributed by atoms with Crippen LogP contribution in [0.15, 0.2) is 18.2 Å². The number of nitrogen functional groups attached to an aromatic ring is 1. The van der Waals surface area contributed by atoms with Gasteiger partial charge in [0.1, 0.15) is 5.82 Å². The van der Waals surface area contributed by atoms with Gasteiger partial charge in [0.15, 0.2) is 0 Å². The highest BCUT2D eigenvalue weighted by atomic mass is 32.2. The van der Waals surface area contributed by atoms with E-state index in [9.17, 15) is 9.18 Å². The minimum absolute atomic E-state index is 0.121. The predicted octanol–water partition coefficient (Wildman–Crippen LogP) is 3.20. The normalized spacial score (nSPS) is 17.7. The molecule has 0 spiro atoms. The first-order valence-corrected chi connectivity index (χ1v) is 8.17. The first-order valence-electron chi connectivity index (χ1n) is 6.95. The molecule has 1 aliphatic carbocycles. The second kappa shape index (κ2) is 6.48. The van der Waals surface area contributed by atoms with Gasteiger partial charge in [0.05, 0.1) is 5.56 Å². The molecule has 20 heavy (non-hydrogen) atoms. The Labute approximate surface area is 123 Å². The minimum Gasteiger partial charge on any atom is -0.398 e. The number of halogens is 1. The molecule has 5 heteroatoms. The van der Waals surface area contributed by atoms with E-state index in [-0.39, 0.29) is 16.2 Å². The monoisotopic (exact) mass is 296 g/mol. The van der Waals surface area contributed by atoms with Gasteiger partial charge in [0.25, 0.3) is 5.91 Å². The molecule has 1 aliphatic rings. The molecule has 110 valence electrons. The van der Waals surface area contributed by atoms with Gasteiger partial charge < -0.3 is 11.1 Å². The van der Waals surface area contributed by atoms with E-state index in [2.05, 4.69) is 11.6 Å². The van der Waals surface area contributed by atoms with Crippen molar-refractivity contribution in [3.63, 3.8) is 0 Å². The number of carbonyl (C=O) groups excluding carboxylic acids is 1. The number of benzene rings is 1. The summed E-state index contributed by atoms with van der Waals surface area (Å²) >= 11 is 1.82. The van der Waals surface area contributed by atoms with Crippen LogP contribution in [0.2, 0.25) is 0 Å². The van der Waals surface area contributed by atoms with Crippen molar-refractivity contribution in [2.45, 2.75) is 36.9 Å². The number of nitrogens with two attached hydrogens (primary N) is 1. The average molecular weight is 296 g/mol. The quantitative estimate of drug-likeness (QED) is 0.839. The summed E-state index contributed by atoms with van der Waals surface area (Å²) in [4.78, 5) is 12.2. The van der Waals surface area contributed by atoms with E-state index < -0.39 is 5.82 Å². The highest BCUT2D eigenvalue weighted by Gasteiger charge is 2.31. The van der Waals surface area contributed by atoms with Gasteiger partial charge >= 0.3 is 0 Å². The Morgan fingerprint density at radius 2 is 2.10 bits per heavy atom. The average Bonchev–Trinajstić information content (AvgIpc) is 2.48. The highest BCUT2D eigenvalue weighted by molar-refractivity contribution is 8.00. The third-order valence-corrected chi connectivity index (χ3v) is 5.45. The van der Waals surface area contributed by atoms with Gasteiger partial charge in [0, 0.05) is 17.0 Å². The summed E-state index contributed by atoms with van der Waals surface area (Å²) < 4.78 is 13.3. The van der Waals surface area contributed by atoms with Gasteiger partial charge in [-0.2, -0.15) is 11.8 Å². The highest BCUT2D eigenvalue weighted by Crippen LogP contribution is 2.38. The Morgan fingerprint density at radius 1 is 1.40 bits per heavy atom. The smallest absolute Gasteiger partial charge is 0.253 e. The molecule has 0 saturated heterocycles. The van der Waals surface area contributed by atoms with Crippen molar-refractivity contribution in [3.8, 4) is 0 Å². The number of rotatable bonds is 4. The Balaban J connectivity index is 2.02. The van der Waals surface area contributed by atoms with Crippen molar-refractivity contribution in [2.24, 2.45) is 0 Å². The van der Waals surface area contributed by atoms with E-state index >= 15 is 0 Å².